The van der Waals surface area contributed by atoms with Crippen molar-refractivity contribution < 1.29 is 14.0 Å². The standard InChI is InChI=1S/C28H23FN2O2/c1-19-2-11-26(29)27(14-19)31-28(33)17-21-5-3-20(4-6-21)8-10-25(32)16-22-7-9-24-18-30-13-12-23(24)15-22/h2-15,18H,16-17H2,1H3,(H,31,33)/b10-8+. The number of pyridine rings is 1. The highest BCUT2D eigenvalue weighted by Crippen LogP contribution is 2.17. The van der Waals surface area contributed by atoms with Crippen LogP contribution in [-0.4, -0.2) is 16.7 Å². The van der Waals surface area contributed by atoms with Gasteiger partial charge in [-0.05, 0) is 58.8 Å². The van der Waals surface area contributed by atoms with E-state index in [-0.39, 0.29) is 23.8 Å². The summed E-state index contributed by atoms with van der Waals surface area (Å²) in [4.78, 5) is 28.7. The largest absolute Gasteiger partial charge is 0.323 e. The number of allylic oxidation sites excluding steroid dienone is 1. The van der Waals surface area contributed by atoms with E-state index >= 15 is 0 Å². The highest BCUT2D eigenvalue weighted by molar-refractivity contribution is 5.96. The Morgan fingerprint density at radius 2 is 1.70 bits per heavy atom. The Labute approximate surface area is 191 Å². The number of hydrogen-bond acceptors (Lipinski definition) is 3. The van der Waals surface area contributed by atoms with Crippen LogP contribution in [0, 0.1) is 12.7 Å². The molecule has 0 radical (unpaired) electrons. The Bertz CT molecular complexity index is 1340. The van der Waals surface area contributed by atoms with Crippen molar-refractivity contribution in [3.8, 4) is 0 Å². The van der Waals surface area contributed by atoms with Gasteiger partial charge < -0.3 is 5.32 Å². The summed E-state index contributed by atoms with van der Waals surface area (Å²) in [5, 5.41) is 4.72. The van der Waals surface area contributed by atoms with Gasteiger partial charge in [-0.15, -0.1) is 0 Å². The van der Waals surface area contributed by atoms with Crippen molar-refractivity contribution in [2.24, 2.45) is 0 Å². The van der Waals surface area contributed by atoms with Gasteiger partial charge in [0.1, 0.15) is 5.82 Å². The number of anilines is 1. The van der Waals surface area contributed by atoms with Crippen molar-refractivity contribution >= 4 is 34.2 Å². The second kappa shape index (κ2) is 10.0. The summed E-state index contributed by atoms with van der Waals surface area (Å²) in [7, 11) is 0. The lowest BCUT2D eigenvalue weighted by Gasteiger charge is -2.07. The number of benzene rings is 3. The van der Waals surface area contributed by atoms with Crippen LogP contribution < -0.4 is 5.32 Å². The van der Waals surface area contributed by atoms with Crippen molar-refractivity contribution in [3.63, 3.8) is 0 Å². The number of aryl methyl sites for hydroxylation is 1. The van der Waals surface area contributed by atoms with Gasteiger partial charge in [-0.3, -0.25) is 14.6 Å². The van der Waals surface area contributed by atoms with Crippen LogP contribution in [0.15, 0.2) is 85.2 Å². The summed E-state index contributed by atoms with van der Waals surface area (Å²) in [6.07, 6.45) is 7.33. The molecule has 0 saturated carbocycles. The van der Waals surface area contributed by atoms with Gasteiger partial charge in [-0.2, -0.15) is 0 Å². The summed E-state index contributed by atoms with van der Waals surface area (Å²) in [6, 6.07) is 19.8. The van der Waals surface area contributed by atoms with Gasteiger partial charge >= 0.3 is 0 Å². The molecule has 0 unspecified atom stereocenters. The second-order valence-electron chi connectivity index (χ2n) is 7.98. The van der Waals surface area contributed by atoms with Gasteiger partial charge in [0.15, 0.2) is 5.78 Å². The lowest BCUT2D eigenvalue weighted by molar-refractivity contribution is -0.115. The van der Waals surface area contributed by atoms with E-state index < -0.39 is 5.82 Å². The summed E-state index contributed by atoms with van der Waals surface area (Å²) in [5.41, 5.74) is 3.67. The predicted octanol–water partition coefficient (Wildman–Crippen LogP) is 5.69. The van der Waals surface area contributed by atoms with E-state index in [1.807, 2.05) is 55.5 Å². The molecule has 1 aromatic heterocycles. The van der Waals surface area contributed by atoms with Gasteiger partial charge in [-0.1, -0.05) is 54.6 Å². The number of halogens is 1. The Hall–Kier alpha value is -4.12. The molecule has 0 aliphatic carbocycles. The fourth-order valence-electron chi connectivity index (χ4n) is 3.55. The maximum atomic E-state index is 13.8. The Morgan fingerprint density at radius 1 is 0.909 bits per heavy atom. The van der Waals surface area contributed by atoms with E-state index in [9.17, 15) is 14.0 Å². The first-order valence-electron chi connectivity index (χ1n) is 10.6. The number of aromatic nitrogens is 1. The van der Waals surface area contributed by atoms with Gasteiger partial charge in [0.25, 0.3) is 0 Å². The fraction of sp³-hybridized carbons (Fsp3) is 0.107. The quantitative estimate of drug-likeness (QED) is 0.377. The summed E-state index contributed by atoms with van der Waals surface area (Å²) in [6.45, 7) is 1.84. The number of nitrogens with one attached hydrogen (secondary N) is 1. The third-order valence-electron chi connectivity index (χ3n) is 5.29. The van der Waals surface area contributed by atoms with Crippen LogP contribution in [0.3, 0.4) is 0 Å². The highest BCUT2D eigenvalue weighted by Gasteiger charge is 2.08. The molecule has 164 valence electrons. The van der Waals surface area contributed by atoms with Crippen LogP contribution in [-0.2, 0) is 22.4 Å². The molecule has 0 aliphatic rings. The number of amides is 1. The van der Waals surface area contributed by atoms with Crippen molar-refractivity contribution in [1.29, 1.82) is 0 Å². The number of fused-ring (bicyclic) bond motifs is 1. The van der Waals surface area contributed by atoms with Gasteiger partial charge in [0.05, 0.1) is 12.1 Å². The van der Waals surface area contributed by atoms with Crippen LogP contribution in [0.4, 0.5) is 10.1 Å². The number of carbonyl (C=O) groups is 2. The minimum absolute atomic E-state index is 0.00652. The predicted molar refractivity (Wildman–Crippen MR) is 129 cm³/mol. The molecule has 5 heteroatoms. The van der Waals surface area contributed by atoms with E-state index in [0.29, 0.717) is 6.42 Å². The molecule has 1 N–H and O–H groups in total. The molecule has 1 amide bonds. The van der Waals surface area contributed by atoms with Crippen LogP contribution >= 0.6 is 0 Å². The molecule has 0 saturated heterocycles. The Morgan fingerprint density at radius 3 is 2.52 bits per heavy atom. The van der Waals surface area contributed by atoms with Crippen molar-refractivity contribution in [2.75, 3.05) is 5.32 Å². The molecule has 4 rings (SSSR count). The summed E-state index contributed by atoms with van der Waals surface area (Å²) >= 11 is 0. The zero-order valence-electron chi connectivity index (χ0n) is 18.2. The number of ketones is 1. The van der Waals surface area contributed by atoms with Gasteiger partial charge in [-0.25, -0.2) is 4.39 Å². The third kappa shape index (κ3) is 5.98. The van der Waals surface area contributed by atoms with Crippen LogP contribution in [0.25, 0.3) is 16.8 Å². The molecule has 0 aliphatic heterocycles. The molecule has 4 aromatic rings. The first kappa shape index (κ1) is 22.1. The number of carbonyl (C=O) groups excluding carboxylic acids is 2. The zero-order valence-corrected chi connectivity index (χ0v) is 18.2. The van der Waals surface area contributed by atoms with E-state index in [1.165, 1.54) is 6.07 Å². The topological polar surface area (TPSA) is 59.1 Å². The Kier molecular flexibility index (Phi) is 6.69. The number of hydrogen-bond donors (Lipinski definition) is 1. The van der Waals surface area contributed by atoms with Crippen molar-refractivity contribution in [3.05, 3.63) is 113 Å². The lowest BCUT2D eigenvalue weighted by atomic mass is 10.0. The zero-order chi connectivity index (χ0) is 23.2. The molecule has 3 aromatic carbocycles. The maximum absolute atomic E-state index is 13.8. The van der Waals surface area contributed by atoms with E-state index in [2.05, 4.69) is 10.3 Å². The number of rotatable bonds is 7. The minimum atomic E-state index is -0.459. The fourth-order valence-corrected chi connectivity index (χ4v) is 3.55. The smallest absolute Gasteiger partial charge is 0.228 e. The first-order valence-corrected chi connectivity index (χ1v) is 10.6. The monoisotopic (exact) mass is 438 g/mol. The van der Waals surface area contributed by atoms with Gasteiger partial charge in [0.2, 0.25) is 5.91 Å². The molecule has 33 heavy (non-hydrogen) atoms. The normalized spacial score (nSPS) is 11.1. The molecule has 0 atom stereocenters. The van der Waals surface area contributed by atoms with Crippen LogP contribution in [0.1, 0.15) is 22.3 Å². The van der Waals surface area contributed by atoms with Crippen molar-refractivity contribution in [1.82, 2.24) is 4.98 Å². The second-order valence-corrected chi connectivity index (χ2v) is 7.98. The SMILES string of the molecule is Cc1ccc(F)c(NC(=O)Cc2ccc(/C=C/C(=O)Cc3ccc4cnccc4c3)cc2)c1. The van der Waals surface area contributed by atoms with E-state index in [0.717, 1.165) is 33.0 Å². The average Bonchev–Trinajstić information content (AvgIpc) is 2.81. The van der Waals surface area contributed by atoms with Crippen LogP contribution in [0.2, 0.25) is 0 Å². The average molecular weight is 439 g/mol. The first-order chi connectivity index (χ1) is 16.0. The van der Waals surface area contributed by atoms with Crippen LogP contribution in [0.5, 0.6) is 0 Å². The maximum Gasteiger partial charge on any atom is 0.228 e. The summed E-state index contributed by atoms with van der Waals surface area (Å²) in [5.74, 6) is -0.740. The Balaban J connectivity index is 1.33. The molecular formula is C28H23FN2O2. The van der Waals surface area contributed by atoms with E-state index in [4.69, 9.17) is 0 Å². The molecule has 0 bridgehead atoms. The lowest BCUT2D eigenvalue weighted by Crippen LogP contribution is -2.15. The molecular weight excluding hydrogens is 415 g/mol. The van der Waals surface area contributed by atoms with Gasteiger partial charge in [0, 0.05) is 24.2 Å². The number of nitrogens with zero attached hydrogens (tertiary/aromatic N) is 1. The third-order valence-corrected chi connectivity index (χ3v) is 5.29. The molecule has 0 spiro atoms. The summed E-state index contributed by atoms with van der Waals surface area (Å²) < 4.78 is 13.8. The highest BCUT2D eigenvalue weighted by atomic mass is 19.1. The molecule has 1 heterocycles. The molecule has 4 nitrogen and oxygen atoms in total. The van der Waals surface area contributed by atoms with Crippen molar-refractivity contribution in [2.45, 2.75) is 19.8 Å². The minimum Gasteiger partial charge on any atom is -0.323 e. The molecule has 0 fully saturated rings. The van der Waals surface area contributed by atoms with E-state index in [1.54, 1.807) is 36.7 Å².